The summed E-state index contributed by atoms with van der Waals surface area (Å²) in [4.78, 5) is 27.5. The highest BCUT2D eigenvalue weighted by Crippen LogP contribution is 2.46. The number of methoxy groups -OCH3 is 1. The molecule has 1 aliphatic carbocycles. The van der Waals surface area contributed by atoms with Gasteiger partial charge in [-0.05, 0) is 100 Å². The van der Waals surface area contributed by atoms with Crippen molar-refractivity contribution in [1.82, 2.24) is 15.5 Å². The Bertz CT molecular complexity index is 1200. The van der Waals surface area contributed by atoms with Crippen LogP contribution in [0.4, 0.5) is 4.79 Å². The summed E-state index contributed by atoms with van der Waals surface area (Å²) in [5.74, 6) is 0.775. The highest BCUT2D eigenvalue weighted by Gasteiger charge is 2.43. The van der Waals surface area contributed by atoms with E-state index in [-0.39, 0.29) is 17.7 Å². The Kier molecular flexibility index (Phi) is 11.7. The van der Waals surface area contributed by atoms with Crippen LogP contribution in [-0.2, 0) is 21.6 Å². The van der Waals surface area contributed by atoms with Gasteiger partial charge in [0.1, 0.15) is 0 Å². The zero-order valence-corrected chi connectivity index (χ0v) is 26.2. The largest absolute Gasteiger partial charge is 0.453 e. The van der Waals surface area contributed by atoms with Gasteiger partial charge in [-0.2, -0.15) is 0 Å². The van der Waals surface area contributed by atoms with Gasteiger partial charge in [0.05, 0.1) is 12.7 Å². The molecule has 0 unspecified atom stereocenters. The van der Waals surface area contributed by atoms with Crippen LogP contribution < -0.4 is 10.6 Å². The van der Waals surface area contributed by atoms with Crippen molar-refractivity contribution in [1.29, 1.82) is 0 Å². The van der Waals surface area contributed by atoms with E-state index < -0.39 is 11.7 Å². The molecule has 2 fully saturated rings. The molecular formula is C34H48ClN3O4. The lowest BCUT2D eigenvalue weighted by Gasteiger charge is -2.44. The van der Waals surface area contributed by atoms with E-state index in [0.29, 0.717) is 36.9 Å². The van der Waals surface area contributed by atoms with Crippen molar-refractivity contribution in [2.24, 2.45) is 17.8 Å². The minimum Gasteiger partial charge on any atom is -0.453 e. The Hall–Kier alpha value is -2.61. The van der Waals surface area contributed by atoms with Crippen LogP contribution in [0, 0.1) is 17.8 Å². The number of piperidine rings is 1. The Balaban J connectivity index is 1.63. The number of aliphatic hydroxyl groups is 1. The van der Waals surface area contributed by atoms with Gasteiger partial charge in [0.2, 0.25) is 5.91 Å². The summed E-state index contributed by atoms with van der Waals surface area (Å²) in [6, 6.07) is 14.1. The smallest absolute Gasteiger partial charge is 0.406 e. The number of carbonyl (C=O) groups excluding carboxylic acids is 2. The van der Waals surface area contributed by atoms with E-state index in [0.717, 1.165) is 74.7 Å². The molecule has 2 amide bonds. The lowest BCUT2D eigenvalue weighted by molar-refractivity contribution is -0.142. The highest BCUT2D eigenvalue weighted by molar-refractivity contribution is 6.33. The van der Waals surface area contributed by atoms with Gasteiger partial charge in [0.25, 0.3) is 0 Å². The van der Waals surface area contributed by atoms with E-state index in [2.05, 4.69) is 29.7 Å². The van der Waals surface area contributed by atoms with Gasteiger partial charge in [0, 0.05) is 42.1 Å². The molecule has 2 aliphatic rings. The molecule has 3 N–H and O–H groups in total. The number of carbonyl (C=O) groups is 2. The van der Waals surface area contributed by atoms with Crippen LogP contribution in [0.1, 0.15) is 69.4 Å². The molecule has 2 atom stereocenters. The van der Waals surface area contributed by atoms with Gasteiger partial charge >= 0.3 is 6.09 Å². The van der Waals surface area contributed by atoms with Crippen LogP contribution in [0.2, 0.25) is 5.02 Å². The Labute approximate surface area is 256 Å². The number of aryl methyl sites for hydroxylation is 1. The first-order valence-electron chi connectivity index (χ1n) is 15.7. The second-order valence-electron chi connectivity index (χ2n) is 12.1. The fourth-order valence-corrected chi connectivity index (χ4v) is 7.32. The molecule has 2 aromatic carbocycles. The second-order valence-corrected chi connectivity index (χ2v) is 12.5. The summed E-state index contributed by atoms with van der Waals surface area (Å²) in [5.41, 5.74) is 2.55. The first-order valence-corrected chi connectivity index (χ1v) is 16.0. The maximum atomic E-state index is 13.8. The third-order valence-electron chi connectivity index (χ3n) is 9.39. The predicted octanol–water partition coefficient (Wildman–Crippen LogP) is 6.16. The molecule has 2 aromatic rings. The lowest BCUT2D eigenvalue weighted by Crippen LogP contribution is -2.50. The Morgan fingerprint density at radius 2 is 1.88 bits per heavy atom. The van der Waals surface area contributed by atoms with Crippen molar-refractivity contribution in [2.75, 3.05) is 40.3 Å². The number of likely N-dealkylation sites (tertiary alicyclic amines) is 1. The van der Waals surface area contributed by atoms with Gasteiger partial charge in [-0.25, -0.2) is 4.79 Å². The number of rotatable bonds is 11. The standard InChI is InChI=1S/C34H48ClN3O4/c1-4-24-9-5-10-27(21-24)31-29(12-6-13-30(31)35)34(41,18-8-19-37-33(40)42-3)28-11-7-20-38(23-28)32(39)26-16-14-25(15-17-26)22-36-2/h5-6,9-10,12-13,21,25-26,28,36,41H,4,7-8,11,14-20,22-23H2,1-3H3,(H,37,40)/t25-,26-,28-,34+/m1/s1. The topological polar surface area (TPSA) is 90.9 Å². The highest BCUT2D eigenvalue weighted by atomic mass is 35.5. The summed E-state index contributed by atoms with van der Waals surface area (Å²) >= 11 is 6.89. The number of nitrogens with zero attached hydrogens (tertiary/aromatic N) is 1. The number of amides is 2. The molecule has 4 rings (SSSR count). The van der Waals surface area contributed by atoms with Crippen molar-refractivity contribution in [3.8, 4) is 11.1 Å². The van der Waals surface area contributed by atoms with Gasteiger partial charge < -0.3 is 25.4 Å². The fraction of sp³-hybridized carbons (Fsp3) is 0.588. The monoisotopic (exact) mass is 597 g/mol. The third-order valence-corrected chi connectivity index (χ3v) is 9.71. The Morgan fingerprint density at radius 1 is 1.12 bits per heavy atom. The molecule has 1 heterocycles. The second kappa shape index (κ2) is 15.2. The van der Waals surface area contributed by atoms with E-state index >= 15 is 0 Å². The average Bonchev–Trinajstić information content (AvgIpc) is 3.03. The number of benzene rings is 2. The summed E-state index contributed by atoms with van der Waals surface area (Å²) in [6.45, 7) is 4.75. The van der Waals surface area contributed by atoms with Gasteiger partial charge in [-0.15, -0.1) is 0 Å². The molecule has 230 valence electrons. The number of nitrogens with one attached hydrogen (secondary N) is 2. The van der Waals surface area contributed by atoms with E-state index in [4.69, 9.17) is 16.3 Å². The molecule has 1 saturated carbocycles. The van der Waals surface area contributed by atoms with Crippen LogP contribution in [0.5, 0.6) is 0 Å². The number of halogens is 1. The maximum Gasteiger partial charge on any atom is 0.406 e. The molecule has 0 spiro atoms. The van der Waals surface area contributed by atoms with Gasteiger partial charge in [-0.1, -0.05) is 54.9 Å². The molecule has 8 heteroatoms. The van der Waals surface area contributed by atoms with Crippen LogP contribution in [-0.4, -0.2) is 62.3 Å². The minimum atomic E-state index is -1.25. The van der Waals surface area contributed by atoms with E-state index in [1.165, 1.54) is 12.7 Å². The summed E-state index contributed by atoms with van der Waals surface area (Å²) in [6.07, 6.45) is 7.04. The molecule has 1 saturated heterocycles. The average molecular weight is 598 g/mol. The quantitative estimate of drug-likeness (QED) is 0.270. The van der Waals surface area contributed by atoms with Crippen LogP contribution in [0.25, 0.3) is 11.1 Å². The first-order chi connectivity index (χ1) is 20.3. The lowest BCUT2D eigenvalue weighted by atomic mass is 9.71. The molecule has 0 bridgehead atoms. The number of alkyl carbamates (subject to hydrolysis) is 1. The molecular weight excluding hydrogens is 550 g/mol. The fourth-order valence-electron chi connectivity index (χ4n) is 7.03. The number of ether oxygens (including phenoxy) is 1. The zero-order chi connectivity index (χ0) is 30.1. The van der Waals surface area contributed by atoms with Crippen molar-refractivity contribution < 1.29 is 19.4 Å². The van der Waals surface area contributed by atoms with Crippen LogP contribution >= 0.6 is 11.6 Å². The predicted molar refractivity (Wildman–Crippen MR) is 168 cm³/mol. The van der Waals surface area contributed by atoms with E-state index in [1.807, 2.05) is 42.3 Å². The van der Waals surface area contributed by atoms with E-state index in [1.54, 1.807) is 0 Å². The molecule has 7 nitrogen and oxygen atoms in total. The van der Waals surface area contributed by atoms with Crippen molar-refractivity contribution in [3.63, 3.8) is 0 Å². The molecule has 0 aromatic heterocycles. The summed E-state index contributed by atoms with van der Waals surface area (Å²) in [7, 11) is 3.33. The van der Waals surface area contributed by atoms with Crippen LogP contribution in [0.3, 0.4) is 0 Å². The van der Waals surface area contributed by atoms with Gasteiger partial charge in [-0.3, -0.25) is 4.79 Å². The first kappa shape index (κ1) is 32.3. The summed E-state index contributed by atoms with van der Waals surface area (Å²) < 4.78 is 4.74. The minimum absolute atomic E-state index is 0.0627. The zero-order valence-electron chi connectivity index (χ0n) is 25.5. The number of hydrogen-bond acceptors (Lipinski definition) is 5. The Morgan fingerprint density at radius 3 is 2.60 bits per heavy atom. The van der Waals surface area contributed by atoms with Crippen LogP contribution in [0.15, 0.2) is 42.5 Å². The maximum absolute atomic E-state index is 13.8. The number of hydrogen-bond donors (Lipinski definition) is 3. The molecule has 42 heavy (non-hydrogen) atoms. The molecule has 0 radical (unpaired) electrons. The van der Waals surface area contributed by atoms with Crippen molar-refractivity contribution in [3.05, 3.63) is 58.6 Å². The van der Waals surface area contributed by atoms with E-state index in [9.17, 15) is 14.7 Å². The van der Waals surface area contributed by atoms with Crippen molar-refractivity contribution in [2.45, 2.75) is 70.3 Å². The van der Waals surface area contributed by atoms with Crippen molar-refractivity contribution >= 4 is 23.6 Å². The SMILES string of the molecule is CCc1cccc(-c2c(Cl)cccc2[C@](O)(CCCNC(=O)OC)[C@@H]2CCCN(C(=O)[C@H]3CC[C@H](CNC)CC3)C2)c1. The normalized spacial score (nSPS) is 22.3. The van der Waals surface area contributed by atoms with Gasteiger partial charge in [0.15, 0.2) is 0 Å². The third kappa shape index (κ3) is 7.66. The summed E-state index contributed by atoms with van der Waals surface area (Å²) in [5, 5.41) is 19.4. The molecule has 1 aliphatic heterocycles.